The second-order valence-electron chi connectivity index (χ2n) is 9.78. The molecule has 1 amide bonds. The van der Waals surface area contributed by atoms with Gasteiger partial charge in [0.25, 0.3) is 0 Å². The van der Waals surface area contributed by atoms with Gasteiger partial charge in [0.15, 0.2) is 11.5 Å². The Morgan fingerprint density at radius 2 is 1.90 bits per heavy atom. The quantitative estimate of drug-likeness (QED) is 0.274. The van der Waals surface area contributed by atoms with Crippen molar-refractivity contribution in [3.63, 3.8) is 0 Å². The highest BCUT2D eigenvalue weighted by Crippen LogP contribution is 2.33. The van der Waals surface area contributed by atoms with Crippen LogP contribution in [0.2, 0.25) is 0 Å². The van der Waals surface area contributed by atoms with Crippen LogP contribution in [0, 0.1) is 0 Å². The monoisotopic (exact) mass is 579 g/mol. The van der Waals surface area contributed by atoms with Crippen LogP contribution in [0.1, 0.15) is 23.3 Å². The van der Waals surface area contributed by atoms with E-state index in [-0.39, 0.29) is 43.3 Å². The van der Waals surface area contributed by atoms with Gasteiger partial charge in [-0.25, -0.2) is 8.42 Å². The molecule has 0 aliphatic carbocycles. The van der Waals surface area contributed by atoms with E-state index in [0.29, 0.717) is 35.6 Å². The van der Waals surface area contributed by atoms with Crippen LogP contribution in [0.3, 0.4) is 0 Å². The number of thiophene rings is 1. The van der Waals surface area contributed by atoms with Gasteiger partial charge in [0.2, 0.25) is 22.7 Å². The molecule has 0 N–H and O–H groups in total. The van der Waals surface area contributed by atoms with Gasteiger partial charge in [-0.15, -0.1) is 11.3 Å². The number of aromatic nitrogens is 1. The van der Waals surface area contributed by atoms with Gasteiger partial charge in [0.1, 0.15) is 4.90 Å². The molecule has 4 heterocycles. The number of hydrogen-bond acceptors (Lipinski definition) is 8. The molecule has 1 unspecified atom stereocenters. The summed E-state index contributed by atoms with van der Waals surface area (Å²) >= 11 is 1.55. The molecule has 2 aromatic heterocycles. The van der Waals surface area contributed by atoms with E-state index in [4.69, 9.17) is 14.2 Å². The molecule has 2 aliphatic rings. The van der Waals surface area contributed by atoms with E-state index in [9.17, 15) is 13.2 Å². The SMILES string of the molecule is O=C(CN(CC1CCCO1)S(=O)(=O)c1cccc2cccnc12)N(Cc1ccc2c(c1)OCO2)Cc1cccs1. The van der Waals surface area contributed by atoms with E-state index in [0.717, 1.165) is 23.3 Å². The maximum atomic E-state index is 14.1. The number of carbonyl (C=O) groups is 1. The van der Waals surface area contributed by atoms with Gasteiger partial charge in [0.05, 0.1) is 24.7 Å². The Hall–Kier alpha value is -3.51. The molecule has 1 atom stereocenters. The summed E-state index contributed by atoms with van der Waals surface area (Å²) < 4.78 is 46.3. The zero-order valence-corrected chi connectivity index (χ0v) is 23.4. The Kier molecular flexibility index (Phi) is 7.70. The van der Waals surface area contributed by atoms with Crippen LogP contribution in [0.4, 0.5) is 0 Å². The second kappa shape index (κ2) is 11.5. The maximum Gasteiger partial charge on any atom is 0.245 e. The lowest BCUT2D eigenvalue weighted by Gasteiger charge is -2.28. The van der Waals surface area contributed by atoms with E-state index in [1.54, 1.807) is 40.6 Å². The van der Waals surface area contributed by atoms with Crippen LogP contribution in [0.15, 0.2) is 77.1 Å². The zero-order valence-electron chi connectivity index (χ0n) is 21.8. The molecule has 1 saturated heterocycles. The molecule has 2 aliphatic heterocycles. The predicted molar refractivity (Wildman–Crippen MR) is 151 cm³/mol. The van der Waals surface area contributed by atoms with Crippen molar-refractivity contribution in [2.75, 3.05) is 26.5 Å². The Bertz CT molecular complexity index is 1600. The largest absolute Gasteiger partial charge is 0.454 e. The third kappa shape index (κ3) is 5.68. The number of benzene rings is 2. The summed E-state index contributed by atoms with van der Waals surface area (Å²) in [7, 11) is -4.08. The highest BCUT2D eigenvalue weighted by Gasteiger charge is 2.33. The van der Waals surface area contributed by atoms with Crippen molar-refractivity contribution < 1.29 is 27.4 Å². The number of para-hydroxylation sites is 1. The Balaban J connectivity index is 1.31. The summed E-state index contributed by atoms with van der Waals surface area (Å²) in [6.07, 6.45) is 2.90. The minimum atomic E-state index is -4.08. The third-order valence-corrected chi connectivity index (χ3v) is 9.75. The van der Waals surface area contributed by atoms with Gasteiger partial charge in [0, 0.05) is 36.2 Å². The van der Waals surface area contributed by atoms with Gasteiger partial charge >= 0.3 is 0 Å². The number of hydrogen-bond donors (Lipinski definition) is 0. The molecule has 9 nitrogen and oxygen atoms in total. The van der Waals surface area contributed by atoms with E-state index < -0.39 is 10.0 Å². The van der Waals surface area contributed by atoms with Gasteiger partial charge in [-0.1, -0.05) is 30.3 Å². The highest BCUT2D eigenvalue weighted by molar-refractivity contribution is 7.89. The summed E-state index contributed by atoms with van der Waals surface area (Å²) in [6, 6.07) is 18.1. The molecule has 40 heavy (non-hydrogen) atoms. The number of carbonyl (C=O) groups excluding carboxylic acids is 1. The molecule has 4 aromatic rings. The molecule has 208 valence electrons. The number of ether oxygens (including phenoxy) is 3. The van der Waals surface area contributed by atoms with Gasteiger partial charge in [-0.05, 0) is 54.1 Å². The van der Waals surface area contributed by atoms with E-state index in [1.807, 2.05) is 47.8 Å². The van der Waals surface area contributed by atoms with Crippen LogP contribution < -0.4 is 9.47 Å². The minimum absolute atomic E-state index is 0.0805. The number of pyridine rings is 1. The van der Waals surface area contributed by atoms with Gasteiger partial charge in [-0.2, -0.15) is 4.31 Å². The molecule has 2 aromatic carbocycles. The first-order chi connectivity index (χ1) is 19.5. The molecule has 0 spiro atoms. The Morgan fingerprint density at radius 3 is 2.73 bits per heavy atom. The van der Waals surface area contributed by atoms with Crippen LogP contribution in [-0.2, 0) is 32.6 Å². The number of amides is 1. The summed E-state index contributed by atoms with van der Waals surface area (Å²) in [4.78, 5) is 21.1. The van der Waals surface area contributed by atoms with Crippen molar-refractivity contribution in [1.82, 2.24) is 14.2 Å². The van der Waals surface area contributed by atoms with Crippen molar-refractivity contribution in [1.29, 1.82) is 0 Å². The topological polar surface area (TPSA) is 98.3 Å². The first-order valence-corrected chi connectivity index (χ1v) is 15.4. The fraction of sp³-hybridized carbons (Fsp3) is 0.310. The van der Waals surface area contributed by atoms with E-state index in [1.165, 1.54) is 4.31 Å². The molecule has 11 heteroatoms. The fourth-order valence-corrected chi connectivity index (χ4v) is 7.33. The van der Waals surface area contributed by atoms with Crippen molar-refractivity contribution in [3.05, 3.63) is 82.7 Å². The van der Waals surface area contributed by atoms with Gasteiger partial charge < -0.3 is 19.1 Å². The third-order valence-electron chi connectivity index (χ3n) is 7.05. The average Bonchev–Trinajstić information content (AvgIpc) is 3.75. The van der Waals surface area contributed by atoms with E-state index in [2.05, 4.69) is 4.98 Å². The Morgan fingerprint density at radius 1 is 1.02 bits per heavy atom. The van der Waals surface area contributed by atoms with Crippen LogP contribution in [-0.4, -0.2) is 61.1 Å². The van der Waals surface area contributed by atoms with Crippen molar-refractivity contribution in [3.8, 4) is 11.5 Å². The van der Waals surface area contributed by atoms with Crippen LogP contribution in [0.25, 0.3) is 10.9 Å². The lowest BCUT2D eigenvalue weighted by Crippen LogP contribution is -2.45. The lowest BCUT2D eigenvalue weighted by molar-refractivity contribution is -0.132. The first-order valence-electron chi connectivity index (χ1n) is 13.1. The molecule has 1 fully saturated rings. The van der Waals surface area contributed by atoms with Crippen molar-refractivity contribution in [2.45, 2.75) is 36.9 Å². The first kappa shape index (κ1) is 26.7. The van der Waals surface area contributed by atoms with Gasteiger partial charge in [-0.3, -0.25) is 9.78 Å². The van der Waals surface area contributed by atoms with Crippen molar-refractivity contribution in [2.24, 2.45) is 0 Å². The molecular weight excluding hydrogens is 550 g/mol. The lowest BCUT2D eigenvalue weighted by atomic mass is 10.2. The van der Waals surface area contributed by atoms with Crippen LogP contribution in [0.5, 0.6) is 11.5 Å². The molecule has 6 rings (SSSR count). The molecule has 0 radical (unpaired) electrons. The minimum Gasteiger partial charge on any atom is -0.454 e. The Labute approximate surface area is 237 Å². The molecule has 0 saturated carbocycles. The zero-order chi connectivity index (χ0) is 27.5. The normalized spacial score (nSPS) is 16.6. The molecule has 0 bridgehead atoms. The standard InChI is InChI=1S/C29H29N3O6S2/c33-28(31(18-24-8-4-14-39-24)16-21-10-11-25-26(15-21)38-20-37-25)19-32(17-23-7-3-13-36-23)40(34,35)27-9-1-5-22-6-2-12-30-29(22)27/h1-2,4-6,8-12,14-15,23H,3,7,13,16-20H2. The summed E-state index contributed by atoms with van der Waals surface area (Å²) in [5, 5.41) is 2.68. The predicted octanol–water partition coefficient (Wildman–Crippen LogP) is 4.42. The number of fused-ring (bicyclic) bond motifs is 2. The summed E-state index contributed by atoms with van der Waals surface area (Å²) in [5.74, 6) is 0.991. The average molecular weight is 580 g/mol. The smallest absolute Gasteiger partial charge is 0.245 e. The fourth-order valence-electron chi connectivity index (χ4n) is 5.02. The number of sulfonamides is 1. The summed E-state index contributed by atoms with van der Waals surface area (Å²) in [6.45, 7) is 1.16. The number of nitrogens with zero attached hydrogens (tertiary/aromatic N) is 3. The molecular formula is C29H29N3O6S2. The maximum absolute atomic E-state index is 14.1. The summed E-state index contributed by atoms with van der Waals surface area (Å²) in [5.41, 5.74) is 1.24. The second-order valence-corrected chi connectivity index (χ2v) is 12.7. The van der Waals surface area contributed by atoms with E-state index >= 15 is 0 Å². The van der Waals surface area contributed by atoms with Crippen LogP contribution >= 0.6 is 11.3 Å². The van der Waals surface area contributed by atoms with Crippen molar-refractivity contribution >= 4 is 38.2 Å². The highest BCUT2D eigenvalue weighted by atomic mass is 32.2. The number of rotatable bonds is 10.